The Kier molecular flexibility index (Phi) is 6.87. The van der Waals surface area contributed by atoms with E-state index in [0.29, 0.717) is 25.4 Å². The van der Waals surface area contributed by atoms with Gasteiger partial charge in [0.15, 0.2) is 11.0 Å². The van der Waals surface area contributed by atoms with Gasteiger partial charge in [0, 0.05) is 44.8 Å². The third kappa shape index (κ3) is 4.88. The number of carbonyl (C=O) groups excluding carboxylic acids is 1. The number of hydrogen-bond acceptors (Lipinski definition) is 6. The van der Waals surface area contributed by atoms with Gasteiger partial charge in [0.25, 0.3) is 0 Å². The van der Waals surface area contributed by atoms with Crippen molar-refractivity contribution in [3.63, 3.8) is 0 Å². The molecule has 1 aromatic heterocycles. The number of aromatic nitrogens is 3. The van der Waals surface area contributed by atoms with Crippen LogP contribution in [0.25, 0.3) is 11.4 Å². The van der Waals surface area contributed by atoms with E-state index in [0.717, 1.165) is 36.2 Å². The Labute approximate surface area is 164 Å². The van der Waals surface area contributed by atoms with E-state index in [1.165, 1.54) is 17.3 Å². The lowest BCUT2D eigenvalue weighted by atomic mass is 10.1. The van der Waals surface area contributed by atoms with Crippen LogP contribution < -0.4 is 0 Å². The van der Waals surface area contributed by atoms with Crippen LogP contribution >= 0.6 is 11.8 Å². The van der Waals surface area contributed by atoms with Gasteiger partial charge < -0.3 is 14.6 Å². The molecule has 0 spiro atoms. The molecule has 1 saturated heterocycles. The maximum absolute atomic E-state index is 12.5. The highest BCUT2D eigenvalue weighted by atomic mass is 32.2. The molecule has 0 saturated carbocycles. The number of nitrogens with zero attached hydrogens (tertiary/aromatic N) is 5. The summed E-state index contributed by atoms with van der Waals surface area (Å²) >= 11 is 1.45. The summed E-state index contributed by atoms with van der Waals surface area (Å²) in [5, 5.41) is 18.5. The smallest absolute Gasteiger partial charge is 0.233 e. The number of aliphatic hydroxyl groups is 1. The fraction of sp³-hybridized carbons (Fsp3) is 0.526. The molecule has 1 N–H and O–H groups in total. The van der Waals surface area contributed by atoms with Crippen LogP contribution in [0.1, 0.15) is 12.5 Å². The Balaban J connectivity index is 1.61. The van der Waals surface area contributed by atoms with Gasteiger partial charge in [0.05, 0.1) is 12.4 Å². The van der Waals surface area contributed by atoms with Crippen molar-refractivity contribution in [2.45, 2.75) is 25.5 Å². The van der Waals surface area contributed by atoms with Gasteiger partial charge in [-0.15, -0.1) is 10.2 Å². The number of rotatable bonds is 7. The van der Waals surface area contributed by atoms with Crippen molar-refractivity contribution in [1.29, 1.82) is 0 Å². The number of amides is 1. The molecule has 1 amide bonds. The van der Waals surface area contributed by atoms with E-state index >= 15 is 0 Å². The molecule has 146 valence electrons. The Morgan fingerprint density at radius 3 is 2.67 bits per heavy atom. The van der Waals surface area contributed by atoms with E-state index in [2.05, 4.69) is 45.6 Å². The predicted molar refractivity (Wildman–Crippen MR) is 107 cm³/mol. The zero-order valence-electron chi connectivity index (χ0n) is 16.0. The van der Waals surface area contributed by atoms with E-state index in [1.807, 2.05) is 17.0 Å². The predicted octanol–water partition coefficient (Wildman–Crippen LogP) is 1.50. The normalized spacial score (nSPS) is 15.3. The molecule has 1 fully saturated rings. The van der Waals surface area contributed by atoms with Crippen molar-refractivity contribution in [3.05, 3.63) is 29.8 Å². The van der Waals surface area contributed by atoms with Gasteiger partial charge in [-0.2, -0.15) is 0 Å². The van der Waals surface area contributed by atoms with Gasteiger partial charge in [-0.05, 0) is 19.9 Å². The lowest BCUT2D eigenvalue weighted by molar-refractivity contribution is -0.130. The van der Waals surface area contributed by atoms with Crippen molar-refractivity contribution in [2.75, 3.05) is 45.1 Å². The summed E-state index contributed by atoms with van der Waals surface area (Å²) in [4.78, 5) is 16.6. The third-order valence-electron chi connectivity index (χ3n) is 4.78. The molecule has 8 heteroatoms. The number of thioether (sulfide) groups is 1. The molecule has 0 aliphatic carbocycles. The zero-order valence-corrected chi connectivity index (χ0v) is 16.8. The van der Waals surface area contributed by atoms with Crippen molar-refractivity contribution >= 4 is 17.7 Å². The first-order valence-electron chi connectivity index (χ1n) is 9.36. The van der Waals surface area contributed by atoms with E-state index in [-0.39, 0.29) is 12.5 Å². The van der Waals surface area contributed by atoms with Crippen LogP contribution in [-0.2, 0) is 11.3 Å². The molecule has 2 aromatic rings. The van der Waals surface area contributed by atoms with Gasteiger partial charge in [-0.1, -0.05) is 35.5 Å². The fourth-order valence-corrected chi connectivity index (χ4v) is 4.16. The number of benzene rings is 1. The lowest BCUT2D eigenvalue weighted by Gasteiger charge is -2.34. The SMILES string of the molecule is CCn1c(SCC(=O)N2CCN(CCO)CC2)nnc1-c1cccc(C)c1. The average Bonchev–Trinajstić information content (AvgIpc) is 3.10. The van der Waals surface area contributed by atoms with Crippen LogP contribution in [0.3, 0.4) is 0 Å². The first-order valence-corrected chi connectivity index (χ1v) is 10.3. The number of aryl methyl sites for hydroxylation is 1. The summed E-state index contributed by atoms with van der Waals surface area (Å²) < 4.78 is 2.06. The second kappa shape index (κ2) is 9.34. The molecule has 1 aliphatic heterocycles. The molecule has 0 bridgehead atoms. The lowest BCUT2D eigenvalue weighted by Crippen LogP contribution is -2.49. The minimum atomic E-state index is 0.131. The van der Waals surface area contributed by atoms with Crippen LogP contribution in [0.15, 0.2) is 29.4 Å². The molecule has 3 rings (SSSR count). The highest BCUT2D eigenvalue weighted by molar-refractivity contribution is 7.99. The first-order chi connectivity index (χ1) is 13.1. The molecule has 27 heavy (non-hydrogen) atoms. The highest BCUT2D eigenvalue weighted by Gasteiger charge is 2.22. The van der Waals surface area contributed by atoms with E-state index in [4.69, 9.17) is 5.11 Å². The van der Waals surface area contributed by atoms with Gasteiger partial charge in [-0.25, -0.2) is 0 Å². The molecule has 0 radical (unpaired) electrons. The monoisotopic (exact) mass is 389 g/mol. The van der Waals surface area contributed by atoms with Gasteiger partial charge in [-0.3, -0.25) is 9.69 Å². The standard InChI is InChI=1S/C19H27N5O2S/c1-3-24-18(16-6-4-5-15(2)13-16)20-21-19(24)27-14-17(26)23-9-7-22(8-10-23)11-12-25/h4-6,13,25H,3,7-12,14H2,1-2H3. The van der Waals surface area contributed by atoms with Gasteiger partial charge in [0.1, 0.15) is 0 Å². The zero-order chi connectivity index (χ0) is 19.2. The maximum atomic E-state index is 12.5. The molecule has 1 aromatic carbocycles. The quantitative estimate of drug-likeness (QED) is 0.724. The molecule has 2 heterocycles. The Hall–Kier alpha value is -1.90. The van der Waals surface area contributed by atoms with Gasteiger partial charge >= 0.3 is 0 Å². The number of aliphatic hydroxyl groups excluding tert-OH is 1. The van der Waals surface area contributed by atoms with Crippen LogP contribution in [0.4, 0.5) is 0 Å². The average molecular weight is 390 g/mol. The maximum Gasteiger partial charge on any atom is 0.233 e. The van der Waals surface area contributed by atoms with Crippen molar-refractivity contribution < 1.29 is 9.90 Å². The molecular weight excluding hydrogens is 362 g/mol. The molecule has 1 aliphatic rings. The number of carbonyl (C=O) groups is 1. The Bertz CT molecular complexity index is 771. The van der Waals surface area contributed by atoms with E-state index < -0.39 is 0 Å². The number of hydrogen-bond donors (Lipinski definition) is 1. The van der Waals surface area contributed by atoms with Crippen LogP contribution in [-0.4, -0.2) is 80.7 Å². The van der Waals surface area contributed by atoms with Crippen LogP contribution in [0.2, 0.25) is 0 Å². The molecular formula is C19H27N5O2S. The number of piperazine rings is 1. The van der Waals surface area contributed by atoms with E-state index in [9.17, 15) is 4.79 Å². The summed E-state index contributed by atoms with van der Waals surface area (Å²) in [5.41, 5.74) is 2.23. The number of β-amino-alcohol motifs (C(OH)–C–C–N with tert-alkyl or cyclic N) is 1. The third-order valence-corrected chi connectivity index (χ3v) is 5.73. The fourth-order valence-electron chi connectivity index (χ4n) is 3.26. The first kappa shape index (κ1) is 19.9. The second-order valence-electron chi connectivity index (χ2n) is 6.65. The molecule has 0 unspecified atom stereocenters. The van der Waals surface area contributed by atoms with Crippen molar-refractivity contribution in [3.8, 4) is 11.4 Å². The van der Waals surface area contributed by atoms with E-state index in [1.54, 1.807) is 0 Å². The molecule has 0 atom stereocenters. The summed E-state index contributed by atoms with van der Waals surface area (Å²) in [6.45, 7) is 8.80. The minimum absolute atomic E-state index is 0.131. The van der Waals surface area contributed by atoms with Crippen molar-refractivity contribution in [2.24, 2.45) is 0 Å². The second-order valence-corrected chi connectivity index (χ2v) is 7.60. The summed E-state index contributed by atoms with van der Waals surface area (Å²) in [5.74, 6) is 1.34. The summed E-state index contributed by atoms with van der Waals surface area (Å²) in [6, 6.07) is 8.22. The van der Waals surface area contributed by atoms with Crippen LogP contribution in [0.5, 0.6) is 0 Å². The van der Waals surface area contributed by atoms with Crippen LogP contribution in [0, 0.1) is 6.92 Å². The summed E-state index contributed by atoms with van der Waals surface area (Å²) in [6.07, 6.45) is 0. The highest BCUT2D eigenvalue weighted by Crippen LogP contribution is 2.24. The topological polar surface area (TPSA) is 74.5 Å². The largest absolute Gasteiger partial charge is 0.395 e. The molecule has 7 nitrogen and oxygen atoms in total. The summed E-state index contributed by atoms with van der Waals surface area (Å²) in [7, 11) is 0. The van der Waals surface area contributed by atoms with Crippen molar-refractivity contribution in [1.82, 2.24) is 24.6 Å². The Morgan fingerprint density at radius 2 is 2.00 bits per heavy atom. The van der Waals surface area contributed by atoms with Gasteiger partial charge in [0.2, 0.25) is 5.91 Å². The Morgan fingerprint density at radius 1 is 1.22 bits per heavy atom. The minimum Gasteiger partial charge on any atom is -0.395 e.